The summed E-state index contributed by atoms with van der Waals surface area (Å²) in [5.74, 6) is -0.0220. The SMILES string of the molecule is Cc1cc(C2CCNC2)cc(F)c1CF. The Morgan fingerprint density at radius 3 is 2.80 bits per heavy atom. The molecule has 1 aliphatic rings. The highest BCUT2D eigenvalue weighted by atomic mass is 19.1. The first-order valence-electron chi connectivity index (χ1n) is 5.28. The fourth-order valence-corrected chi connectivity index (χ4v) is 2.14. The van der Waals surface area contributed by atoms with E-state index in [0.717, 1.165) is 30.6 Å². The third-order valence-corrected chi connectivity index (χ3v) is 3.11. The van der Waals surface area contributed by atoms with E-state index in [4.69, 9.17) is 0 Å². The second-order valence-electron chi connectivity index (χ2n) is 4.12. The van der Waals surface area contributed by atoms with Crippen molar-refractivity contribution in [1.82, 2.24) is 5.32 Å². The van der Waals surface area contributed by atoms with Crippen LogP contribution in [0.3, 0.4) is 0 Å². The average molecular weight is 211 g/mol. The van der Waals surface area contributed by atoms with Crippen LogP contribution in [0.25, 0.3) is 0 Å². The Morgan fingerprint density at radius 1 is 1.47 bits per heavy atom. The van der Waals surface area contributed by atoms with Gasteiger partial charge in [-0.2, -0.15) is 0 Å². The van der Waals surface area contributed by atoms with E-state index in [1.807, 2.05) is 6.07 Å². The molecule has 0 amide bonds. The minimum Gasteiger partial charge on any atom is -0.316 e. The maximum absolute atomic E-state index is 13.5. The van der Waals surface area contributed by atoms with Crippen molar-refractivity contribution in [2.75, 3.05) is 13.1 Å². The van der Waals surface area contributed by atoms with Gasteiger partial charge in [-0.3, -0.25) is 0 Å². The molecule has 0 bridgehead atoms. The van der Waals surface area contributed by atoms with E-state index in [-0.39, 0.29) is 5.56 Å². The average Bonchev–Trinajstić information content (AvgIpc) is 2.69. The van der Waals surface area contributed by atoms with E-state index in [9.17, 15) is 8.78 Å². The topological polar surface area (TPSA) is 12.0 Å². The van der Waals surface area contributed by atoms with E-state index in [1.165, 1.54) is 6.07 Å². The van der Waals surface area contributed by atoms with Crippen LogP contribution >= 0.6 is 0 Å². The molecule has 82 valence electrons. The number of aryl methyl sites for hydroxylation is 1. The van der Waals surface area contributed by atoms with Gasteiger partial charge in [0.05, 0.1) is 0 Å². The fourth-order valence-electron chi connectivity index (χ4n) is 2.14. The molecule has 0 aromatic heterocycles. The Hall–Kier alpha value is -0.960. The van der Waals surface area contributed by atoms with Crippen molar-refractivity contribution in [1.29, 1.82) is 0 Å². The summed E-state index contributed by atoms with van der Waals surface area (Å²) in [6.07, 6.45) is 1.04. The van der Waals surface area contributed by atoms with Crippen LogP contribution in [0.4, 0.5) is 8.78 Å². The summed E-state index contributed by atoms with van der Waals surface area (Å²) < 4.78 is 26.0. The van der Waals surface area contributed by atoms with Gasteiger partial charge in [-0.15, -0.1) is 0 Å². The normalized spacial score (nSPS) is 20.9. The number of benzene rings is 1. The van der Waals surface area contributed by atoms with Crippen molar-refractivity contribution in [3.05, 3.63) is 34.6 Å². The van der Waals surface area contributed by atoms with Crippen LogP contribution in [-0.2, 0) is 6.67 Å². The molecule has 1 saturated heterocycles. The van der Waals surface area contributed by atoms with Crippen LogP contribution in [0.15, 0.2) is 12.1 Å². The summed E-state index contributed by atoms with van der Waals surface area (Å²) >= 11 is 0. The lowest BCUT2D eigenvalue weighted by atomic mass is 9.94. The lowest BCUT2D eigenvalue weighted by Crippen LogP contribution is -2.08. The Kier molecular flexibility index (Phi) is 3.00. The lowest BCUT2D eigenvalue weighted by Gasteiger charge is -2.12. The molecule has 1 atom stereocenters. The van der Waals surface area contributed by atoms with Crippen molar-refractivity contribution in [2.45, 2.75) is 25.9 Å². The van der Waals surface area contributed by atoms with Crippen molar-refractivity contribution < 1.29 is 8.78 Å². The smallest absolute Gasteiger partial charge is 0.129 e. The second-order valence-corrected chi connectivity index (χ2v) is 4.12. The minimum absolute atomic E-state index is 0.199. The molecule has 0 spiro atoms. The van der Waals surface area contributed by atoms with Crippen molar-refractivity contribution in [3.8, 4) is 0 Å². The third-order valence-electron chi connectivity index (χ3n) is 3.11. The molecule has 1 aromatic carbocycles. The molecule has 3 heteroatoms. The number of alkyl halides is 1. The van der Waals surface area contributed by atoms with Crippen LogP contribution in [0.1, 0.15) is 29.0 Å². The van der Waals surface area contributed by atoms with Gasteiger partial charge in [-0.1, -0.05) is 6.07 Å². The van der Waals surface area contributed by atoms with E-state index in [1.54, 1.807) is 6.92 Å². The first-order valence-corrected chi connectivity index (χ1v) is 5.28. The maximum atomic E-state index is 13.5. The molecule has 1 N–H and O–H groups in total. The summed E-state index contributed by atoms with van der Waals surface area (Å²) in [5, 5.41) is 3.24. The Bertz CT molecular complexity index is 334. The number of hydrogen-bond acceptors (Lipinski definition) is 1. The summed E-state index contributed by atoms with van der Waals surface area (Å²) in [6, 6.07) is 3.40. The molecular weight excluding hydrogens is 196 g/mol. The molecule has 1 heterocycles. The van der Waals surface area contributed by atoms with Gasteiger partial charge in [-0.05, 0) is 43.0 Å². The predicted octanol–water partition coefficient (Wildman–Crippen LogP) is 2.68. The first kappa shape index (κ1) is 10.6. The van der Waals surface area contributed by atoms with Gasteiger partial charge >= 0.3 is 0 Å². The van der Waals surface area contributed by atoms with E-state index >= 15 is 0 Å². The third kappa shape index (κ3) is 2.02. The zero-order valence-corrected chi connectivity index (χ0v) is 8.82. The Balaban J connectivity index is 2.33. The fraction of sp³-hybridized carbons (Fsp3) is 0.500. The van der Waals surface area contributed by atoms with Crippen molar-refractivity contribution in [2.24, 2.45) is 0 Å². The van der Waals surface area contributed by atoms with Gasteiger partial charge in [-0.25, -0.2) is 8.78 Å². The standard InChI is InChI=1S/C12H15F2N/c1-8-4-10(9-2-3-15-7-9)5-12(14)11(8)6-13/h4-5,9,15H,2-3,6-7H2,1H3. The Labute approximate surface area is 88.5 Å². The van der Waals surface area contributed by atoms with Gasteiger partial charge in [0.15, 0.2) is 0 Å². The molecule has 1 fully saturated rings. The van der Waals surface area contributed by atoms with Gasteiger partial charge < -0.3 is 5.32 Å². The summed E-state index contributed by atoms with van der Waals surface area (Å²) in [5.41, 5.74) is 1.91. The van der Waals surface area contributed by atoms with Crippen LogP contribution in [0.5, 0.6) is 0 Å². The van der Waals surface area contributed by atoms with Crippen molar-refractivity contribution in [3.63, 3.8) is 0 Å². The predicted molar refractivity (Wildman–Crippen MR) is 56.2 cm³/mol. The highest BCUT2D eigenvalue weighted by Crippen LogP contribution is 2.26. The molecule has 1 aromatic rings. The van der Waals surface area contributed by atoms with E-state index < -0.39 is 12.5 Å². The zero-order chi connectivity index (χ0) is 10.8. The molecule has 1 aliphatic heterocycles. The van der Waals surface area contributed by atoms with Crippen LogP contribution in [0.2, 0.25) is 0 Å². The van der Waals surface area contributed by atoms with Gasteiger partial charge in [0.1, 0.15) is 12.5 Å². The first-order chi connectivity index (χ1) is 7.22. The van der Waals surface area contributed by atoms with E-state index in [2.05, 4.69) is 5.32 Å². The molecule has 0 aliphatic carbocycles. The quantitative estimate of drug-likeness (QED) is 0.793. The monoisotopic (exact) mass is 211 g/mol. The van der Waals surface area contributed by atoms with Gasteiger partial charge in [0.25, 0.3) is 0 Å². The molecular formula is C12H15F2N. The summed E-state index contributed by atoms with van der Waals surface area (Å²) in [4.78, 5) is 0. The highest BCUT2D eigenvalue weighted by Gasteiger charge is 2.18. The molecule has 1 nitrogen and oxygen atoms in total. The zero-order valence-electron chi connectivity index (χ0n) is 8.82. The van der Waals surface area contributed by atoms with Gasteiger partial charge in [0.2, 0.25) is 0 Å². The van der Waals surface area contributed by atoms with Crippen LogP contribution in [0, 0.1) is 12.7 Å². The van der Waals surface area contributed by atoms with Crippen LogP contribution < -0.4 is 5.32 Å². The molecule has 1 unspecified atom stereocenters. The largest absolute Gasteiger partial charge is 0.316 e. The highest BCUT2D eigenvalue weighted by molar-refractivity contribution is 5.34. The van der Waals surface area contributed by atoms with Crippen molar-refractivity contribution >= 4 is 0 Å². The number of nitrogens with one attached hydrogen (secondary N) is 1. The molecule has 2 rings (SSSR count). The second kappa shape index (κ2) is 4.27. The lowest BCUT2D eigenvalue weighted by molar-refractivity contribution is 0.461. The molecule has 0 radical (unpaired) electrons. The van der Waals surface area contributed by atoms with E-state index in [0.29, 0.717) is 5.92 Å². The number of rotatable bonds is 2. The Morgan fingerprint density at radius 2 is 2.27 bits per heavy atom. The molecule has 15 heavy (non-hydrogen) atoms. The summed E-state index contributed by atoms with van der Waals surface area (Å²) in [7, 11) is 0. The van der Waals surface area contributed by atoms with Gasteiger partial charge in [0, 0.05) is 12.1 Å². The molecule has 0 saturated carbocycles. The number of halogens is 2. The number of hydrogen-bond donors (Lipinski definition) is 1. The summed E-state index contributed by atoms with van der Waals surface area (Å²) in [6.45, 7) is 2.93. The maximum Gasteiger partial charge on any atom is 0.129 e. The van der Waals surface area contributed by atoms with Crippen LogP contribution in [-0.4, -0.2) is 13.1 Å². The minimum atomic E-state index is -0.721.